The number of rotatable bonds is 4. The standard InChI is InChI=1S/C16H23NO/c17-11-13-3-1-2-4-16(13)12-5-7-14(8-6-12)18-15-9-10-15/h5-8,13,15-16H,1-4,9-11,17H2. The summed E-state index contributed by atoms with van der Waals surface area (Å²) in [4.78, 5) is 0. The molecule has 0 amide bonds. The van der Waals surface area contributed by atoms with Crippen molar-refractivity contribution in [3.63, 3.8) is 0 Å². The summed E-state index contributed by atoms with van der Waals surface area (Å²) >= 11 is 0. The summed E-state index contributed by atoms with van der Waals surface area (Å²) in [5.74, 6) is 2.37. The lowest BCUT2D eigenvalue weighted by Crippen LogP contribution is -2.25. The Balaban J connectivity index is 1.69. The van der Waals surface area contributed by atoms with Gasteiger partial charge >= 0.3 is 0 Å². The monoisotopic (exact) mass is 245 g/mol. The summed E-state index contributed by atoms with van der Waals surface area (Å²) in [6, 6.07) is 8.76. The van der Waals surface area contributed by atoms with Crippen molar-refractivity contribution in [2.45, 2.75) is 50.5 Å². The van der Waals surface area contributed by atoms with Gasteiger partial charge in [-0.3, -0.25) is 0 Å². The van der Waals surface area contributed by atoms with Crippen LogP contribution in [0.4, 0.5) is 0 Å². The molecule has 2 atom stereocenters. The van der Waals surface area contributed by atoms with Crippen molar-refractivity contribution in [2.75, 3.05) is 6.54 Å². The molecule has 0 saturated heterocycles. The van der Waals surface area contributed by atoms with Gasteiger partial charge in [-0.2, -0.15) is 0 Å². The summed E-state index contributed by atoms with van der Waals surface area (Å²) in [6.45, 7) is 0.824. The van der Waals surface area contributed by atoms with Crippen LogP contribution in [0.1, 0.15) is 50.0 Å². The molecule has 2 unspecified atom stereocenters. The molecule has 0 radical (unpaired) electrons. The zero-order valence-corrected chi connectivity index (χ0v) is 11.0. The molecule has 0 aromatic heterocycles. The maximum absolute atomic E-state index is 5.91. The summed E-state index contributed by atoms with van der Waals surface area (Å²) < 4.78 is 5.80. The van der Waals surface area contributed by atoms with Crippen LogP contribution in [0.3, 0.4) is 0 Å². The van der Waals surface area contributed by atoms with Crippen molar-refractivity contribution in [3.05, 3.63) is 29.8 Å². The molecule has 98 valence electrons. The molecule has 0 heterocycles. The lowest BCUT2D eigenvalue weighted by Gasteiger charge is -2.31. The van der Waals surface area contributed by atoms with E-state index in [4.69, 9.17) is 10.5 Å². The third kappa shape index (κ3) is 2.69. The van der Waals surface area contributed by atoms with E-state index in [9.17, 15) is 0 Å². The molecular formula is C16H23NO. The second kappa shape index (κ2) is 5.31. The fourth-order valence-electron chi connectivity index (χ4n) is 3.10. The van der Waals surface area contributed by atoms with Crippen LogP contribution in [-0.4, -0.2) is 12.6 Å². The molecule has 2 aliphatic rings. The maximum Gasteiger partial charge on any atom is 0.119 e. The average Bonchev–Trinajstić information content (AvgIpc) is 3.24. The van der Waals surface area contributed by atoms with E-state index in [1.165, 1.54) is 44.1 Å². The Morgan fingerprint density at radius 3 is 2.39 bits per heavy atom. The molecule has 0 aliphatic heterocycles. The Bertz CT molecular complexity index is 383. The molecule has 2 heteroatoms. The smallest absolute Gasteiger partial charge is 0.119 e. The Morgan fingerprint density at radius 2 is 1.72 bits per heavy atom. The third-order valence-electron chi connectivity index (χ3n) is 4.35. The van der Waals surface area contributed by atoms with Gasteiger partial charge in [-0.25, -0.2) is 0 Å². The molecular weight excluding hydrogens is 222 g/mol. The van der Waals surface area contributed by atoms with E-state index in [0.29, 0.717) is 17.9 Å². The minimum absolute atomic E-state index is 0.488. The van der Waals surface area contributed by atoms with E-state index >= 15 is 0 Å². The highest BCUT2D eigenvalue weighted by Gasteiger charge is 2.26. The van der Waals surface area contributed by atoms with Crippen molar-refractivity contribution >= 4 is 0 Å². The van der Waals surface area contributed by atoms with Crippen molar-refractivity contribution in [3.8, 4) is 5.75 Å². The SMILES string of the molecule is NCC1CCCCC1c1ccc(OC2CC2)cc1. The van der Waals surface area contributed by atoms with Gasteiger partial charge in [0.25, 0.3) is 0 Å². The Kier molecular flexibility index (Phi) is 3.55. The normalized spacial score (nSPS) is 28.1. The number of benzene rings is 1. The van der Waals surface area contributed by atoms with Crippen molar-refractivity contribution < 1.29 is 4.74 Å². The van der Waals surface area contributed by atoms with Gasteiger partial charge in [0.2, 0.25) is 0 Å². The van der Waals surface area contributed by atoms with Crippen molar-refractivity contribution in [1.82, 2.24) is 0 Å². The summed E-state index contributed by atoms with van der Waals surface area (Å²) in [6.07, 6.45) is 8.22. The van der Waals surface area contributed by atoms with E-state index in [1.54, 1.807) is 0 Å². The van der Waals surface area contributed by atoms with Gasteiger partial charge in [0.05, 0.1) is 6.10 Å². The van der Waals surface area contributed by atoms with Crippen LogP contribution < -0.4 is 10.5 Å². The molecule has 3 rings (SSSR count). The van der Waals surface area contributed by atoms with Crippen LogP contribution in [0.5, 0.6) is 5.75 Å². The fourth-order valence-corrected chi connectivity index (χ4v) is 3.10. The van der Waals surface area contributed by atoms with E-state index < -0.39 is 0 Å². The predicted molar refractivity (Wildman–Crippen MR) is 73.8 cm³/mol. The van der Waals surface area contributed by atoms with Crippen molar-refractivity contribution in [2.24, 2.45) is 11.7 Å². The van der Waals surface area contributed by atoms with E-state index in [2.05, 4.69) is 24.3 Å². The number of ether oxygens (including phenoxy) is 1. The fraction of sp³-hybridized carbons (Fsp3) is 0.625. The van der Waals surface area contributed by atoms with E-state index in [0.717, 1.165) is 12.3 Å². The van der Waals surface area contributed by atoms with Gasteiger partial charge in [0.15, 0.2) is 0 Å². The highest BCUT2D eigenvalue weighted by Crippen LogP contribution is 2.38. The minimum Gasteiger partial charge on any atom is -0.490 e. The highest BCUT2D eigenvalue weighted by molar-refractivity contribution is 5.30. The minimum atomic E-state index is 0.488. The van der Waals surface area contributed by atoms with Gasteiger partial charge < -0.3 is 10.5 Å². The van der Waals surface area contributed by atoms with Crippen molar-refractivity contribution in [1.29, 1.82) is 0 Å². The average molecular weight is 245 g/mol. The van der Waals surface area contributed by atoms with Gasteiger partial charge in [0, 0.05) is 0 Å². The van der Waals surface area contributed by atoms with E-state index in [1.807, 2.05) is 0 Å². The topological polar surface area (TPSA) is 35.2 Å². The number of hydrogen-bond donors (Lipinski definition) is 1. The van der Waals surface area contributed by atoms with Crippen LogP contribution in [0.2, 0.25) is 0 Å². The molecule has 1 aromatic rings. The van der Waals surface area contributed by atoms with Gasteiger partial charge in [-0.05, 0) is 61.8 Å². The summed E-state index contributed by atoms with van der Waals surface area (Å²) in [5, 5.41) is 0. The third-order valence-corrected chi connectivity index (χ3v) is 4.35. The molecule has 2 N–H and O–H groups in total. The zero-order valence-electron chi connectivity index (χ0n) is 11.0. The van der Waals surface area contributed by atoms with Crippen LogP contribution in [0, 0.1) is 5.92 Å². The van der Waals surface area contributed by atoms with Gasteiger partial charge in [-0.15, -0.1) is 0 Å². The molecule has 0 spiro atoms. The lowest BCUT2D eigenvalue weighted by molar-refractivity contribution is 0.301. The zero-order chi connectivity index (χ0) is 12.4. The second-order valence-electron chi connectivity index (χ2n) is 5.77. The summed E-state index contributed by atoms with van der Waals surface area (Å²) in [7, 11) is 0. The lowest BCUT2D eigenvalue weighted by atomic mass is 9.75. The largest absolute Gasteiger partial charge is 0.490 e. The molecule has 18 heavy (non-hydrogen) atoms. The molecule has 0 bridgehead atoms. The molecule has 2 aliphatic carbocycles. The number of hydrogen-bond acceptors (Lipinski definition) is 2. The number of nitrogens with two attached hydrogens (primary N) is 1. The Hall–Kier alpha value is -1.02. The van der Waals surface area contributed by atoms with Gasteiger partial charge in [-0.1, -0.05) is 25.0 Å². The maximum atomic E-state index is 5.91. The quantitative estimate of drug-likeness (QED) is 0.881. The molecule has 1 aromatic carbocycles. The molecule has 2 nitrogen and oxygen atoms in total. The van der Waals surface area contributed by atoms with Crippen LogP contribution in [0.25, 0.3) is 0 Å². The first-order chi connectivity index (χ1) is 8.86. The first kappa shape index (κ1) is 12.0. The van der Waals surface area contributed by atoms with Crippen LogP contribution in [-0.2, 0) is 0 Å². The predicted octanol–water partition coefficient (Wildman–Crippen LogP) is 3.46. The first-order valence-electron chi connectivity index (χ1n) is 7.33. The molecule has 2 saturated carbocycles. The van der Waals surface area contributed by atoms with Gasteiger partial charge in [0.1, 0.15) is 5.75 Å². The Morgan fingerprint density at radius 1 is 1.00 bits per heavy atom. The molecule has 2 fully saturated rings. The Labute approximate surface area is 110 Å². The summed E-state index contributed by atoms with van der Waals surface area (Å²) in [5.41, 5.74) is 7.36. The first-order valence-corrected chi connectivity index (χ1v) is 7.33. The van der Waals surface area contributed by atoms with E-state index in [-0.39, 0.29) is 0 Å². The highest BCUT2D eigenvalue weighted by atomic mass is 16.5. The van der Waals surface area contributed by atoms with Crippen LogP contribution >= 0.6 is 0 Å². The van der Waals surface area contributed by atoms with Crippen LogP contribution in [0.15, 0.2) is 24.3 Å². The second-order valence-corrected chi connectivity index (χ2v) is 5.77.